The average Bonchev–Trinajstić information content (AvgIpc) is 2.63. The molecule has 4 bridgehead atoms. The van der Waals surface area contributed by atoms with E-state index in [0.29, 0.717) is 10.9 Å². The number of hydrogen-bond acceptors (Lipinski definition) is 4. The van der Waals surface area contributed by atoms with E-state index in [1.165, 1.54) is 43.2 Å². The number of fused-ring (bicyclic) bond motifs is 1. The van der Waals surface area contributed by atoms with Crippen LogP contribution in [0.25, 0.3) is 10.9 Å². The van der Waals surface area contributed by atoms with E-state index in [1.54, 1.807) is 18.2 Å². The van der Waals surface area contributed by atoms with Gasteiger partial charge in [-0.25, -0.2) is 4.68 Å². The van der Waals surface area contributed by atoms with Crippen molar-refractivity contribution in [2.24, 2.45) is 23.2 Å². The molecular weight excluding hydrogens is 340 g/mol. The Hall–Kier alpha value is -2.24. The molecule has 1 atom stereocenters. The summed E-state index contributed by atoms with van der Waals surface area (Å²) in [5, 5.41) is 11.7. The van der Waals surface area contributed by atoms with Gasteiger partial charge in [0.1, 0.15) is 12.1 Å². The molecule has 1 heterocycles. The second kappa shape index (κ2) is 6.14. The maximum atomic E-state index is 12.7. The molecule has 0 spiro atoms. The van der Waals surface area contributed by atoms with Crippen LogP contribution in [0, 0.1) is 23.2 Å². The minimum absolute atomic E-state index is 0.0760. The van der Waals surface area contributed by atoms with Crippen molar-refractivity contribution in [3.63, 3.8) is 0 Å². The lowest BCUT2D eigenvalue weighted by atomic mass is 9.48. The molecule has 0 aliphatic heterocycles. The number of carbonyl (C=O) groups is 1. The van der Waals surface area contributed by atoms with Crippen LogP contribution in [-0.4, -0.2) is 26.9 Å². The molecule has 0 saturated heterocycles. The van der Waals surface area contributed by atoms with Gasteiger partial charge < -0.3 is 5.32 Å². The number of amides is 1. The first-order valence-electron chi connectivity index (χ1n) is 10.1. The van der Waals surface area contributed by atoms with Crippen LogP contribution in [0.3, 0.4) is 0 Å². The van der Waals surface area contributed by atoms with Gasteiger partial charge >= 0.3 is 0 Å². The van der Waals surface area contributed by atoms with Gasteiger partial charge in [0.25, 0.3) is 5.56 Å². The SMILES string of the molecule is C[C@H](NC(=O)Cn1nnc2ccccc2c1=O)C12CC3CC(CC(C3)C1)C2. The lowest BCUT2D eigenvalue weighted by Crippen LogP contribution is -2.56. The average molecular weight is 366 g/mol. The fourth-order valence-corrected chi connectivity index (χ4v) is 6.41. The van der Waals surface area contributed by atoms with E-state index in [1.807, 2.05) is 6.07 Å². The Labute approximate surface area is 158 Å². The van der Waals surface area contributed by atoms with Gasteiger partial charge in [-0.05, 0) is 80.8 Å². The molecule has 1 aromatic carbocycles. The fraction of sp³-hybridized carbons (Fsp3) is 0.619. The van der Waals surface area contributed by atoms with Crippen LogP contribution in [0.2, 0.25) is 0 Å². The molecule has 6 heteroatoms. The summed E-state index contributed by atoms with van der Waals surface area (Å²) in [6, 6.07) is 7.23. The molecule has 0 unspecified atom stereocenters. The van der Waals surface area contributed by atoms with Gasteiger partial charge in [-0.1, -0.05) is 17.3 Å². The van der Waals surface area contributed by atoms with Crippen molar-refractivity contribution < 1.29 is 4.79 Å². The molecule has 27 heavy (non-hydrogen) atoms. The summed E-state index contributed by atoms with van der Waals surface area (Å²) in [5.74, 6) is 2.41. The minimum Gasteiger partial charge on any atom is -0.351 e. The van der Waals surface area contributed by atoms with Gasteiger partial charge in [-0.3, -0.25) is 9.59 Å². The lowest BCUT2D eigenvalue weighted by Gasteiger charge is -2.59. The van der Waals surface area contributed by atoms with Crippen LogP contribution in [0.5, 0.6) is 0 Å². The number of rotatable bonds is 4. The maximum absolute atomic E-state index is 12.7. The third kappa shape index (κ3) is 2.86. The smallest absolute Gasteiger partial charge is 0.278 e. The molecule has 4 aliphatic carbocycles. The summed E-state index contributed by atoms with van der Waals surface area (Å²) in [7, 11) is 0. The van der Waals surface area contributed by atoms with Crippen molar-refractivity contribution in [1.82, 2.24) is 20.3 Å². The Morgan fingerprint density at radius 2 is 1.81 bits per heavy atom. The second-order valence-electron chi connectivity index (χ2n) is 9.14. The summed E-state index contributed by atoms with van der Waals surface area (Å²) in [4.78, 5) is 25.2. The number of hydrogen-bond donors (Lipinski definition) is 1. The number of benzene rings is 1. The predicted octanol–water partition coefficient (Wildman–Crippen LogP) is 2.51. The van der Waals surface area contributed by atoms with E-state index >= 15 is 0 Å². The van der Waals surface area contributed by atoms with Crippen LogP contribution in [-0.2, 0) is 11.3 Å². The minimum atomic E-state index is -0.266. The largest absolute Gasteiger partial charge is 0.351 e. The number of nitrogens with one attached hydrogen (secondary N) is 1. The Bertz CT molecular complexity index is 915. The molecule has 4 saturated carbocycles. The number of aromatic nitrogens is 3. The van der Waals surface area contributed by atoms with Crippen LogP contribution in [0.4, 0.5) is 0 Å². The first kappa shape index (κ1) is 16.9. The van der Waals surface area contributed by atoms with Gasteiger partial charge in [-0.15, -0.1) is 5.10 Å². The zero-order valence-electron chi connectivity index (χ0n) is 15.7. The molecule has 1 aromatic heterocycles. The summed E-state index contributed by atoms with van der Waals surface area (Å²) >= 11 is 0. The van der Waals surface area contributed by atoms with Gasteiger partial charge in [0.05, 0.1) is 5.39 Å². The molecular formula is C21H26N4O2. The van der Waals surface area contributed by atoms with Crippen molar-refractivity contribution in [3.05, 3.63) is 34.6 Å². The lowest BCUT2D eigenvalue weighted by molar-refractivity contribution is -0.126. The van der Waals surface area contributed by atoms with Crippen LogP contribution >= 0.6 is 0 Å². The van der Waals surface area contributed by atoms with E-state index in [-0.39, 0.29) is 29.5 Å². The monoisotopic (exact) mass is 366 g/mol. The summed E-state index contributed by atoms with van der Waals surface area (Å²) in [6.07, 6.45) is 7.91. The molecule has 4 aliphatic rings. The number of nitrogens with zero attached hydrogens (tertiary/aromatic N) is 3. The third-order valence-corrected chi connectivity index (χ3v) is 7.30. The van der Waals surface area contributed by atoms with E-state index in [0.717, 1.165) is 17.8 Å². The van der Waals surface area contributed by atoms with E-state index < -0.39 is 0 Å². The Morgan fingerprint density at radius 1 is 1.19 bits per heavy atom. The molecule has 1 amide bonds. The first-order valence-corrected chi connectivity index (χ1v) is 10.1. The maximum Gasteiger partial charge on any atom is 0.278 e. The standard InChI is InChI=1S/C21H26N4O2/c1-13(21-9-14-6-15(10-21)8-16(7-14)11-21)22-19(26)12-25-20(27)17-4-2-3-5-18(17)23-24-25/h2-5,13-16H,6-12H2,1H3,(H,22,26)/t13-,14?,15?,16?,21?/m0/s1. The third-order valence-electron chi connectivity index (χ3n) is 7.30. The molecule has 4 fully saturated rings. The molecule has 2 aromatic rings. The molecule has 1 N–H and O–H groups in total. The summed E-state index contributed by atoms with van der Waals surface area (Å²) in [6.45, 7) is 2.08. The normalized spacial score (nSPS) is 32.6. The van der Waals surface area contributed by atoms with Crippen LogP contribution < -0.4 is 10.9 Å². The molecule has 0 radical (unpaired) electrons. The van der Waals surface area contributed by atoms with Crippen LogP contribution in [0.1, 0.15) is 45.4 Å². The van der Waals surface area contributed by atoms with Crippen molar-refractivity contribution in [1.29, 1.82) is 0 Å². The first-order chi connectivity index (χ1) is 13.0. The van der Waals surface area contributed by atoms with Crippen molar-refractivity contribution in [2.45, 2.75) is 58.0 Å². The molecule has 142 valence electrons. The highest BCUT2D eigenvalue weighted by Crippen LogP contribution is 2.61. The highest BCUT2D eigenvalue weighted by atomic mass is 16.2. The zero-order chi connectivity index (χ0) is 18.6. The van der Waals surface area contributed by atoms with Gasteiger partial charge in [0.15, 0.2) is 0 Å². The molecule has 6 nitrogen and oxygen atoms in total. The fourth-order valence-electron chi connectivity index (χ4n) is 6.41. The zero-order valence-corrected chi connectivity index (χ0v) is 15.7. The van der Waals surface area contributed by atoms with Gasteiger partial charge in [-0.2, -0.15) is 0 Å². The van der Waals surface area contributed by atoms with Gasteiger partial charge in [0.2, 0.25) is 5.91 Å². The Balaban J connectivity index is 1.31. The van der Waals surface area contributed by atoms with Gasteiger partial charge in [0, 0.05) is 6.04 Å². The Kier molecular flexibility index (Phi) is 3.85. The molecule has 6 rings (SSSR count). The topological polar surface area (TPSA) is 76.9 Å². The highest BCUT2D eigenvalue weighted by molar-refractivity contribution is 5.78. The van der Waals surface area contributed by atoms with Crippen molar-refractivity contribution in [3.8, 4) is 0 Å². The van der Waals surface area contributed by atoms with E-state index in [9.17, 15) is 9.59 Å². The number of carbonyl (C=O) groups excluding carboxylic acids is 1. The van der Waals surface area contributed by atoms with E-state index in [4.69, 9.17) is 0 Å². The van der Waals surface area contributed by atoms with Crippen LogP contribution in [0.15, 0.2) is 29.1 Å². The Morgan fingerprint density at radius 3 is 2.48 bits per heavy atom. The summed E-state index contributed by atoms with van der Waals surface area (Å²) < 4.78 is 1.17. The highest BCUT2D eigenvalue weighted by Gasteiger charge is 2.53. The predicted molar refractivity (Wildman–Crippen MR) is 102 cm³/mol. The summed E-state index contributed by atoms with van der Waals surface area (Å²) in [5.41, 5.74) is 0.545. The second-order valence-corrected chi connectivity index (χ2v) is 9.14. The van der Waals surface area contributed by atoms with E-state index in [2.05, 4.69) is 22.6 Å². The van der Waals surface area contributed by atoms with Crippen molar-refractivity contribution >= 4 is 16.8 Å². The van der Waals surface area contributed by atoms with Crippen molar-refractivity contribution in [2.75, 3.05) is 0 Å². The quantitative estimate of drug-likeness (QED) is 0.902.